The van der Waals surface area contributed by atoms with E-state index in [1.165, 1.54) is 6.07 Å². The molecule has 142 valence electrons. The van der Waals surface area contributed by atoms with Gasteiger partial charge in [0, 0.05) is 11.6 Å². The third-order valence-electron chi connectivity index (χ3n) is 4.31. The SMILES string of the molecule is N#CC1=C(N)Oc2c(oc(CO)cc2=O)[C@H]1c1cc2c(cc1[N+](=O)[O-])OCO2. The van der Waals surface area contributed by atoms with Crippen LogP contribution in [0.15, 0.2) is 38.9 Å². The average molecular weight is 385 g/mol. The summed E-state index contributed by atoms with van der Waals surface area (Å²) in [5, 5.41) is 30.6. The third kappa shape index (κ3) is 2.51. The second-order valence-corrected chi connectivity index (χ2v) is 5.87. The summed E-state index contributed by atoms with van der Waals surface area (Å²) >= 11 is 0. The molecular formula is C17H11N3O8. The van der Waals surface area contributed by atoms with Gasteiger partial charge in [0.15, 0.2) is 17.3 Å². The van der Waals surface area contributed by atoms with Crippen molar-refractivity contribution in [1.82, 2.24) is 0 Å². The highest BCUT2D eigenvalue weighted by Crippen LogP contribution is 2.47. The summed E-state index contributed by atoms with van der Waals surface area (Å²) in [6.07, 6.45) is 0. The van der Waals surface area contributed by atoms with Crippen LogP contribution in [-0.4, -0.2) is 16.8 Å². The van der Waals surface area contributed by atoms with E-state index in [0.717, 1.165) is 12.1 Å². The number of nitro groups is 1. The molecule has 2 aromatic rings. The molecule has 0 radical (unpaired) electrons. The normalized spacial score (nSPS) is 16.9. The van der Waals surface area contributed by atoms with Gasteiger partial charge in [0.1, 0.15) is 24.0 Å². The van der Waals surface area contributed by atoms with E-state index in [9.17, 15) is 25.3 Å². The minimum Gasteiger partial charge on any atom is -0.458 e. The lowest BCUT2D eigenvalue weighted by Gasteiger charge is -2.24. The maximum Gasteiger partial charge on any atom is 0.277 e. The van der Waals surface area contributed by atoms with Gasteiger partial charge in [-0.25, -0.2) is 0 Å². The first-order chi connectivity index (χ1) is 13.4. The van der Waals surface area contributed by atoms with Crippen LogP contribution in [0.5, 0.6) is 17.2 Å². The molecule has 3 N–H and O–H groups in total. The molecule has 0 fully saturated rings. The highest BCUT2D eigenvalue weighted by molar-refractivity contribution is 5.63. The van der Waals surface area contributed by atoms with Gasteiger partial charge in [-0.2, -0.15) is 5.26 Å². The molecule has 0 spiro atoms. The molecule has 4 rings (SSSR count). The Bertz CT molecular complexity index is 1140. The van der Waals surface area contributed by atoms with Crippen LogP contribution in [-0.2, 0) is 6.61 Å². The molecule has 28 heavy (non-hydrogen) atoms. The standard InChI is InChI=1S/C17H11N3O8/c18-4-9-14(8-2-12-13(26-6-25-12)3-10(8)20(23)24)16-15(28-17(9)19)11(22)1-7(5-21)27-16/h1-3,14,21H,5-6,19H2/t14-/m0/s1. The van der Waals surface area contributed by atoms with Crippen molar-refractivity contribution in [2.24, 2.45) is 5.73 Å². The quantitative estimate of drug-likeness (QED) is 0.573. The van der Waals surface area contributed by atoms with Crippen LogP contribution in [0, 0.1) is 21.4 Å². The number of nitro benzene ring substituents is 1. The van der Waals surface area contributed by atoms with Crippen LogP contribution in [0.2, 0.25) is 0 Å². The lowest BCUT2D eigenvalue weighted by molar-refractivity contribution is -0.385. The smallest absolute Gasteiger partial charge is 0.277 e. The van der Waals surface area contributed by atoms with E-state index in [2.05, 4.69) is 0 Å². The van der Waals surface area contributed by atoms with Crippen molar-refractivity contribution in [3.63, 3.8) is 0 Å². The third-order valence-corrected chi connectivity index (χ3v) is 4.31. The monoisotopic (exact) mass is 385 g/mol. The van der Waals surface area contributed by atoms with Crippen LogP contribution < -0.4 is 25.4 Å². The molecule has 0 bridgehead atoms. The summed E-state index contributed by atoms with van der Waals surface area (Å²) < 4.78 is 21.2. The molecular weight excluding hydrogens is 374 g/mol. The molecule has 0 saturated heterocycles. The Morgan fingerprint density at radius 1 is 1.32 bits per heavy atom. The Balaban J connectivity index is 2.05. The van der Waals surface area contributed by atoms with E-state index in [0.29, 0.717) is 0 Å². The number of nitriles is 1. The fourth-order valence-corrected chi connectivity index (χ4v) is 3.11. The lowest BCUT2D eigenvalue weighted by atomic mass is 9.86. The van der Waals surface area contributed by atoms with Gasteiger partial charge in [-0.3, -0.25) is 14.9 Å². The van der Waals surface area contributed by atoms with Gasteiger partial charge >= 0.3 is 0 Å². The summed E-state index contributed by atoms with van der Waals surface area (Å²) in [5.74, 6) is -1.79. The van der Waals surface area contributed by atoms with Crippen LogP contribution in [0.25, 0.3) is 0 Å². The van der Waals surface area contributed by atoms with Gasteiger partial charge < -0.3 is 29.5 Å². The van der Waals surface area contributed by atoms with E-state index in [1.54, 1.807) is 0 Å². The van der Waals surface area contributed by atoms with Gasteiger partial charge in [0.2, 0.25) is 23.9 Å². The lowest BCUT2D eigenvalue weighted by Crippen LogP contribution is -2.25. The number of ether oxygens (including phenoxy) is 3. The maximum absolute atomic E-state index is 12.3. The average Bonchev–Trinajstić information content (AvgIpc) is 3.13. The summed E-state index contributed by atoms with van der Waals surface area (Å²) in [5.41, 5.74) is 4.56. The molecule has 0 saturated carbocycles. The van der Waals surface area contributed by atoms with Crippen molar-refractivity contribution < 1.29 is 28.7 Å². The van der Waals surface area contributed by atoms with E-state index in [1.807, 2.05) is 6.07 Å². The first kappa shape index (κ1) is 17.4. The fraction of sp³-hybridized carbons (Fsp3) is 0.176. The second kappa shape index (κ2) is 6.29. The number of nitrogens with two attached hydrogens (primary N) is 1. The van der Waals surface area contributed by atoms with Crippen molar-refractivity contribution in [3.8, 4) is 23.3 Å². The Hall–Kier alpha value is -4.04. The number of benzene rings is 1. The molecule has 3 heterocycles. The van der Waals surface area contributed by atoms with Crippen molar-refractivity contribution in [1.29, 1.82) is 5.26 Å². The molecule has 1 atom stereocenters. The number of nitrogens with zero attached hydrogens (tertiary/aromatic N) is 2. The molecule has 1 aromatic heterocycles. The fourth-order valence-electron chi connectivity index (χ4n) is 3.11. The number of aliphatic hydroxyl groups excluding tert-OH is 1. The largest absolute Gasteiger partial charge is 0.458 e. The van der Waals surface area contributed by atoms with Crippen LogP contribution in [0.1, 0.15) is 23.0 Å². The first-order valence-corrected chi connectivity index (χ1v) is 7.88. The van der Waals surface area contributed by atoms with Crippen molar-refractivity contribution in [2.75, 3.05) is 6.79 Å². The van der Waals surface area contributed by atoms with Crippen LogP contribution >= 0.6 is 0 Å². The second-order valence-electron chi connectivity index (χ2n) is 5.87. The zero-order valence-corrected chi connectivity index (χ0v) is 14.0. The number of hydrogen-bond acceptors (Lipinski definition) is 10. The predicted molar refractivity (Wildman–Crippen MR) is 89.4 cm³/mol. The van der Waals surface area contributed by atoms with E-state index < -0.39 is 22.9 Å². The van der Waals surface area contributed by atoms with Crippen molar-refractivity contribution >= 4 is 5.69 Å². The molecule has 0 aliphatic carbocycles. The van der Waals surface area contributed by atoms with Crippen molar-refractivity contribution in [2.45, 2.75) is 12.5 Å². The molecule has 2 aliphatic heterocycles. The van der Waals surface area contributed by atoms with Gasteiger partial charge in [0.25, 0.3) is 5.69 Å². The minimum absolute atomic E-state index is 0.00320. The van der Waals surface area contributed by atoms with Gasteiger partial charge in [0.05, 0.1) is 16.9 Å². The Morgan fingerprint density at radius 3 is 2.68 bits per heavy atom. The zero-order chi connectivity index (χ0) is 20.0. The minimum atomic E-state index is -1.22. The summed E-state index contributed by atoms with van der Waals surface area (Å²) in [4.78, 5) is 23.3. The first-order valence-electron chi connectivity index (χ1n) is 7.88. The van der Waals surface area contributed by atoms with Crippen molar-refractivity contribution in [3.05, 3.63) is 67.1 Å². The highest BCUT2D eigenvalue weighted by Gasteiger charge is 2.40. The van der Waals surface area contributed by atoms with Gasteiger partial charge in [-0.15, -0.1) is 0 Å². The summed E-state index contributed by atoms with van der Waals surface area (Å²) in [6.45, 7) is -0.716. The van der Waals surface area contributed by atoms with Crippen LogP contribution in [0.4, 0.5) is 5.69 Å². The Morgan fingerprint density at radius 2 is 2.04 bits per heavy atom. The Labute approximate surface area is 155 Å². The van der Waals surface area contributed by atoms with E-state index >= 15 is 0 Å². The molecule has 0 unspecified atom stereocenters. The summed E-state index contributed by atoms with van der Waals surface area (Å²) in [7, 11) is 0. The summed E-state index contributed by atoms with van der Waals surface area (Å²) in [6, 6.07) is 5.34. The number of rotatable bonds is 3. The molecule has 11 nitrogen and oxygen atoms in total. The predicted octanol–water partition coefficient (Wildman–Crippen LogP) is 0.987. The molecule has 2 aliphatic rings. The number of hydrogen-bond donors (Lipinski definition) is 2. The van der Waals surface area contributed by atoms with Crippen LogP contribution in [0.3, 0.4) is 0 Å². The zero-order valence-electron chi connectivity index (χ0n) is 14.0. The topological polar surface area (TPSA) is 171 Å². The van der Waals surface area contributed by atoms with Gasteiger partial charge in [-0.05, 0) is 6.07 Å². The van der Waals surface area contributed by atoms with E-state index in [-0.39, 0.29) is 58.3 Å². The number of aliphatic hydroxyl groups is 1. The highest BCUT2D eigenvalue weighted by atomic mass is 16.7. The number of fused-ring (bicyclic) bond motifs is 2. The number of allylic oxidation sites excluding steroid dienone is 1. The van der Waals surface area contributed by atoms with E-state index in [4.69, 9.17) is 24.4 Å². The molecule has 0 amide bonds. The maximum atomic E-state index is 12.3. The molecule has 1 aromatic carbocycles. The van der Waals surface area contributed by atoms with Gasteiger partial charge in [-0.1, -0.05) is 0 Å². The molecule has 11 heteroatoms. The Kier molecular flexibility index (Phi) is 3.90.